The van der Waals surface area contributed by atoms with E-state index in [1.165, 1.54) is 56.1 Å². The summed E-state index contributed by atoms with van der Waals surface area (Å²) in [6, 6.07) is 10.6. The molecule has 0 aliphatic carbocycles. The average molecular weight is 341 g/mol. The van der Waals surface area contributed by atoms with Gasteiger partial charge in [0.05, 0.1) is 0 Å². The first kappa shape index (κ1) is 16.9. The lowest BCUT2D eigenvalue weighted by Crippen LogP contribution is -2.53. The molecule has 0 saturated carbocycles. The molecule has 2 bridgehead atoms. The van der Waals surface area contributed by atoms with Gasteiger partial charge in [-0.2, -0.15) is 0 Å². The predicted molar refractivity (Wildman–Crippen MR) is 102 cm³/mol. The molecule has 3 nitrogen and oxygen atoms in total. The normalized spacial score (nSPS) is 29.1. The number of piperidine rings is 2. The topological polar surface area (TPSA) is 23.6 Å². The number of aryl methyl sites for hydroxylation is 1. The molecular weight excluding hydrogens is 308 g/mol. The highest BCUT2D eigenvalue weighted by molar-refractivity contribution is 5.76. The molecule has 3 atom stereocenters. The van der Waals surface area contributed by atoms with Crippen molar-refractivity contribution in [1.82, 2.24) is 9.80 Å². The molecule has 0 spiro atoms. The summed E-state index contributed by atoms with van der Waals surface area (Å²) in [5, 5.41) is 0. The fourth-order valence-electron chi connectivity index (χ4n) is 5.26. The Labute approximate surface area is 152 Å². The van der Waals surface area contributed by atoms with Crippen molar-refractivity contribution >= 4 is 6.03 Å². The summed E-state index contributed by atoms with van der Waals surface area (Å²) in [6.45, 7) is 4.18. The van der Waals surface area contributed by atoms with Crippen molar-refractivity contribution in [3.8, 4) is 0 Å². The number of fused-ring (bicyclic) bond motifs is 2. The summed E-state index contributed by atoms with van der Waals surface area (Å²) in [5.41, 5.74) is 2.94. The Balaban J connectivity index is 1.43. The molecule has 3 aliphatic rings. The lowest BCUT2D eigenvalue weighted by molar-refractivity contribution is 0.0991. The van der Waals surface area contributed by atoms with Crippen LogP contribution >= 0.6 is 0 Å². The highest BCUT2D eigenvalue weighted by atomic mass is 16.2. The van der Waals surface area contributed by atoms with Gasteiger partial charge in [0.1, 0.15) is 0 Å². The Morgan fingerprint density at radius 2 is 1.64 bits per heavy atom. The predicted octanol–water partition coefficient (Wildman–Crippen LogP) is 4.96. The minimum atomic E-state index is 0.337. The molecule has 1 aromatic carbocycles. The van der Waals surface area contributed by atoms with E-state index in [0.717, 1.165) is 25.9 Å². The fourth-order valence-corrected chi connectivity index (χ4v) is 5.26. The lowest BCUT2D eigenvalue weighted by atomic mass is 9.84. The van der Waals surface area contributed by atoms with Gasteiger partial charge in [-0.25, -0.2) is 4.79 Å². The monoisotopic (exact) mass is 340 g/mol. The largest absolute Gasteiger partial charge is 0.325 e. The number of hydrogen-bond acceptors (Lipinski definition) is 1. The van der Waals surface area contributed by atoms with Gasteiger partial charge in [-0.05, 0) is 68.4 Å². The third-order valence-corrected chi connectivity index (χ3v) is 6.57. The van der Waals surface area contributed by atoms with Crippen LogP contribution < -0.4 is 0 Å². The second-order valence-electron chi connectivity index (χ2n) is 8.28. The summed E-state index contributed by atoms with van der Waals surface area (Å²) < 4.78 is 0. The first-order valence-electron chi connectivity index (χ1n) is 10.4. The molecule has 0 radical (unpaired) electrons. The summed E-state index contributed by atoms with van der Waals surface area (Å²) >= 11 is 0. The number of urea groups is 1. The van der Waals surface area contributed by atoms with E-state index in [1.807, 2.05) is 0 Å². The Morgan fingerprint density at radius 1 is 1.00 bits per heavy atom. The zero-order valence-electron chi connectivity index (χ0n) is 15.6. The third-order valence-electron chi connectivity index (χ3n) is 6.57. The van der Waals surface area contributed by atoms with E-state index >= 15 is 0 Å². The van der Waals surface area contributed by atoms with Gasteiger partial charge in [-0.15, -0.1) is 0 Å². The Hall–Kier alpha value is -1.51. The SMILES string of the molecule is CCCc1ccc(C2C[C@H]3CC[C@@H](C2)N3C(=O)N2CCCCC2)cc1. The van der Waals surface area contributed by atoms with Crippen LogP contribution in [0.2, 0.25) is 0 Å². The van der Waals surface area contributed by atoms with Gasteiger partial charge < -0.3 is 9.80 Å². The summed E-state index contributed by atoms with van der Waals surface area (Å²) in [7, 11) is 0. The maximum absolute atomic E-state index is 13.0. The number of carbonyl (C=O) groups excluding carboxylic acids is 1. The number of benzene rings is 1. The number of nitrogens with zero attached hydrogens (tertiary/aromatic N) is 2. The molecule has 1 aromatic rings. The van der Waals surface area contributed by atoms with Crippen molar-refractivity contribution in [2.75, 3.05) is 13.1 Å². The first-order valence-corrected chi connectivity index (χ1v) is 10.4. The van der Waals surface area contributed by atoms with Gasteiger partial charge in [0.2, 0.25) is 0 Å². The molecule has 0 N–H and O–H groups in total. The van der Waals surface area contributed by atoms with E-state index in [-0.39, 0.29) is 0 Å². The zero-order chi connectivity index (χ0) is 17.2. The molecule has 3 saturated heterocycles. The maximum atomic E-state index is 13.0. The second kappa shape index (κ2) is 7.39. The summed E-state index contributed by atoms with van der Waals surface area (Å²) in [4.78, 5) is 17.4. The van der Waals surface area contributed by atoms with Crippen molar-refractivity contribution in [2.45, 2.75) is 82.7 Å². The van der Waals surface area contributed by atoms with Gasteiger partial charge >= 0.3 is 6.03 Å². The van der Waals surface area contributed by atoms with E-state index < -0.39 is 0 Å². The van der Waals surface area contributed by atoms with Crippen LogP contribution in [-0.2, 0) is 6.42 Å². The van der Waals surface area contributed by atoms with Crippen LogP contribution in [0.4, 0.5) is 4.79 Å². The molecule has 3 heterocycles. The van der Waals surface area contributed by atoms with Crippen LogP contribution in [-0.4, -0.2) is 41.0 Å². The molecule has 3 aliphatic heterocycles. The van der Waals surface area contributed by atoms with Crippen LogP contribution in [0.25, 0.3) is 0 Å². The first-order chi connectivity index (χ1) is 12.3. The van der Waals surface area contributed by atoms with Gasteiger partial charge in [-0.3, -0.25) is 0 Å². The second-order valence-corrected chi connectivity index (χ2v) is 8.28. The highest BCUT2D eigenvalue weighted by Crippen LogP contribution is 2.43. The minimum Gasteiger partial charge on any atom is -0.325 e. The average Bonchev–Trinajstić information content (AvgIpc) is 2.92. The molecule has 1 unspecified atom stereocenters. The maximum Gasteiger partial charge on any atom is 0.320 e. The van der Waals surface area contributed by atoms with Crippen LogP contribution in [0.15, 0.2) is 24.3 Å². The van der Waals surface area contributed by atoms with E-state index in [0.29, 0.717) is 24.0 Å². The van der Waals surface area contributed by atoms with Crippen molar-refractivity contribution in [1.29, 1.82) is 0 Å². The van der Waals surface area contributed by atoms with E-state index in [1.54, 1.807) is 0 Å². The quantitative estimate of drug-likeness (QED) is 0.763. The lowest BCUT2D eigenvalue weighted by Gasteiger charge is -2.42. The Morgan fingerprint density at radius 3 is 2.24 bits per heavy atom. The summed E-state index contributed by atoms with van der Waals surface area (Å²) in [5.74, 6) is 0.638. The minimum absolute atomic E-state index is 0.337. The number of amides is 2. The molecule has 0 aromatic heterocycles. The van der Waals surface area contributed by atoms with Crippen molar-refractivity contribution < 1.29 is 4.79 Å². The number of hydrogen-bond donors (Lipinski definition) is 0. The molecular formula is C22H32N2O. The van der Waals surface area contributed by atoms with E-state index in [9.17, 15) is 4.79 Å². The van der Waals surface area contributed by atoms with Gasteiger partial charge in [0, 0.05) is 25.2 Å². The van der Waals surface area contributed by atoms with Gasteiger partial charge in [0.15, 0.2) is 0 Å². The highest BCUT2D eigenvalue weighted by Gasteiger charge is 2.44. The number of carbonyl (C=O) groups is 1. The fraction of sp³-hybridized carbons (Fsp3) is 0.682. The van der Waals surface area contributed by atoms with Crippen LogP contribution in [0.5, 0.6) is 0 Å². The van der Waals surface area contributed by atoms with Crippen molar-refractivity contribution in [3.05, 3.63) is 35.4 Å². The molecule has 4 rings (SSSR count). The molecule has 3 fully saturated rings. The molecule has 3 heteroatoms. The van der Waals surface area contributed by atoms with Gasteiger partial charge in [0.25, 0.3) is 0 Å². The van der Waals surface area contributed by atoms with Crippen LogP contribution in [0.3, 0.4) is 0 Å². The standard InChI is InChI=1S/C22H32N2O/c1-2-6-17-7-9-18(10-8-17)19-15-20-11-12-21(16-19)24(20)22(25)23-13-4-3-5-14-23/h7-10,19-21H,2-6,11-16H2,1H3/t19?,20-,21+. The molecule has 2 amide bonds. The molecule has 136 valence electrons. The number of rotatable bonds is 3. The van der Waals surface area contributed by atoms with Gasteiger partial charge in [-0.1, -0.05) is 37.6 Å². The van der Waals surface area contributed by atoms with E-state index in [4.69, 9.17) is 0 Å². The Kier molecular flexibility index (Phi) is 5.00. The molecule has 25 heavy (non-hydrogen) atoms. The zero-order valence-corrected chi connectivity index (χ0v) is 15.6. The van der Waals surface area contributed by atoms with Crippen LogP contribution in [0, 0.1) is 0 Å². The summed E-state index contributed by atoms with van der Waals surface area (Å²) in [6.07, 6.45) is 10.8. The number of likely N-dealkylation sites (tertiary alicyclic amines) is 1. The van der Waals surface area contributed by atoms with Crippen LogP contribution in [0.1, 0.15) is 75.3 Å². The van der Waals surface area contributed by atoms with Crippen molar-refractivity contribution in [3.63, 3.8) is 0 Å². The smallest absolute Gasteiger partial charge is 0.320 e. The van der Waals surface area contributed by atoms with Crippen molar-refractivity contribution in [2.24, 2.45) is 0 Å². The Bertz CT molecular complexity index is 577. The van der Waals surface area contributed by atoms with E-state index in [2.05, 4.69) is 41.0 Å². The third kappa shape index (κ3) is 3.43.